The standard InChI is InChI=1S/C18H22N2O5S/c1-24-15-4-6-16(7-5-15)26(22,23)20-18(13-9-14(21)10-13)12-3-8-17(25-2)19-11-12/h3-8,11,13-14,18,20-21H,9-10H2,1-2H3/t13?,14?,18-/m1/s1. The number of aliphatic hydroxyl groups excluding tert-OH is 1. The molecule has 1 aromatic carbocycles. The zero-order valence-corrected chi connectivity index (χ0v) is 15.4. The van der Waals surface area contributed by atoms with Crippen LogP contribution in [0.2, 0.25) is 0 Å². The van der Waals surface area contributed by atoms with E-state index in [0.717, 1.165) is 5.56 Å². The molecule has 2 aromatic rings. The first-order valence-corrected chi connectivity index (χ1v) is 9.75. The van der Waals surface area contributed by atoms with Crippen LogP contribution in [-0.2, 0) is 10.0 Å². The van der Waals surface area contributed by atoms with E-state index < -0.39 is 16.1 Å². The highest BCUT2D eigenvalue weighted by atomic mass is 32.2. The molecule has 26 heavy (non-hydrogen) atoms. The summed E-state index contributed by atoms with van der Waals surface area (Å²) in [4.78, 5) is 4.32. The van der Waals surface area contributed by atoms with Gasteiger partial charge in [-0.05, 0) is 48.6 Å². The zero-order chi connectivity index (χ0) is 18.7. The maximum Gasteiger partial charge on any atom is 0.241 e. The summed E-state index contributed by atoms with van der Waals surface area (Å²) in [5, 5.41) is 9.64. The van der Waals surface area contributed by atoms with E-state index >= 15 is 0 Å². The number of benzene rings is 1. The van der Waals surface area contributed by atoms with E-state index in [0.29, 0.717) is 24.5 Å². The van der Waals surface area contributed by atoms with Crippen LogP contribution >= 0.6 is 0 Å². The van der Waals surface area contributed by atoms with Crippen LogP contribution in [0.25, 0.3) is 0 Å². The molecule has 0 saturated heterocycles. The normalized spacial score (nSPS) is 20.9. The van der Waals surface area contributed by atoms with Gasteiger partial charge in [0.1, 0.15) is 5.75 Å². The van der Waals surface area contributed by atoms with Crippen LogP contribution in [0.5, 0.6) is 11.6 Å². The Bertz CT molecular complexity index is 831. The fourth-order valence-electron chi connectivity index (χ4n) is 3.03. The van der Waals surface area contributed by atoms with Crippen LogP contribution < -0.4 is 14.2 Å². The molecule has 7 nitrogen and oxygen atoms in total. The van der Waals surface area contributed by atoms with E-state index in [9.17, 15) is 13.5 Å². The largest absolute Gasteiger partial charge is 0.497 e. The van der Waals surface area contributed by atoms with Gasteiger partial charge in [-0.25, -0.2) is 18.1 Å². The fraction of sp³-hybridized carbons (Fsp3) is 0.389. The van der Waals surface area contributed by atoms with Crippen molar-refractivity contribution < 1.29 is 23.0 Å². The summed E-state index contributed by atoms with van der Waals surface area (Å²) >= 11 is 0. The van der Waals surface area contributed by atoms with Crippen molar-refractivity contribution in [1.29, 1.82) is 0 Å². The number of hydrogen-bond acceptors (Lipinski definition) is 6. The van der Waals surface area contributed by atoms with Gasteiger partial charge < -0.3 is 14.6 Å². The molecule has 0 spiro atoms. The number of aromatic nitrogens is 1. The molecule has 0 radical (unpaired) electrons. The van der Waals surface area contributed by atoms with Crippen LogP contribution in [-0.4, -0.2) is 38.8 Å². The van der Waals surface area contributed by atoms with Gasteiger partial charge in [0, 0.05) is 12.3 Å². The van der Waals surface area contributed by atoms with Crippen LogP contribution in [0.15, 0.2) is 47.5 Å². The predicted molar refractivity (Wildman–Crippen MR) is 95.6 cm³/mol. The second-order valence-electron chi connectivity index (χ2n) is 6.29. The first-order chi connectivity index (χ1) is 12.4. The van der Waals surface area contributed by atoms with Crippen LogP contribution in [0.4, 0.5) is 0 Å². The number of nitrogens with one attached hydrogen (secondary N) is 1. The third-order valence-corrected chi connectivity index (χ3v) is 6.06. The highest BCUT2D eigenvalue weighted by Crippen LogP contribution is 2.39. The Balaban J connectivity index is 1.86. The summed E-state index contributed by atoms with van der Waals surface area (Å²) in [5.74, 6) is 1.05. The van der Waals surface area contributed by atoms with Gasteiger partial charge in [-0.2, -0.15) is 0 Å². The van der Waals surface area contributed by atoms with Gasteiger partial charge in [-0.3, -0.25) is 0 Å². The third kappa shape index (κ3) is 3.98. The molecule has 2 N–H and O–H groups in total. The summed E-state index contributed by atoms with van der Waals surface area (Å²) in [6, 6.07) is 9.22. The Morgan fingerprint density at radius 3 is 2.31 bits per heavy atom. The second-order valence-corrected chi connectivity index (χ2v) is 8.01. The van der Waals surface area contributed by atoms with Gasteiger partial charge in [-0.15, -0.1) is 0 Å². The molecule has 1 aromatic heterocycles. The van der Waals surface area contributed by atoms with E-state index in [2.05, 4.69) is 9.71 Å². The molecule has 0 amide bonds. The van der Waals surface area contributed by atoms with Crippen LogP contribution in [0, 0.1) is 5.92 Å². The molecule has 140 valence electrons. The number of pyridine rings is 1. The third-order valence-electron chi connectivity index (χ3n) is 4.60. The summed E-state index contributed by atoms with van der Waals surface area (Å²) < 4.78 is 38.5. The Kier molecular flexibility index (Phi) is 5.45. The van der Waals surface area contributed by atoms with E-state index in [1.54, 1.807) is 30.5 Å². The summed E-state index contributed by atoms with van der Waals surface area (Å²) in [6.07, 6.45) is 2.30. The summed E-state index contributed by atoms with van der Waals surface area (Å²) in [5.41, 5.74) is 0.736. The molecule has 1 atom stereocenters. The van der Waals surface area contributed by atoms with E-state index in [1.165, 1.54) is 26.4 Å². The zero-order valence-electron chi connectivity index (χ0n) is 14.6. The number of methoxy groups -OCH3 is 2. The average molecular weight is 378 g/mol. The van der Waals surface area contributed by atoms with Gasteiger partial charge in [0.2, 0.25) is 15.9 Å². The number of nitrogens with zero attached hydrogens (tertiary/aromatic N) is 1. The molecule has 8 heteroatoms. The molecule has 0 aliphatic heterocycles. The minimum Gasteiger partial charge on any atom is -0.497 e. The van der Waals surface area contributed by atoms with Crippen molar-refractivity contribution in [1.82, 2.24) is 9.71 Å². The second kappa shape index (κ2) is 7.61. The fourth-order valence-corrected chi connectivity index (χ4v) is 4.32. The molecule has 1 heterocycles. The van der Waals surface area contributed by atoms with Crippen molar-refractivity contribution in [2.24, 2.45) is 5.92 Å². The Hall–Kier alpha value is -2.16. The number of aliphatic hydroxyl groups is 1. The first kappa shape index (κ1) is 18.6. The molecule has 3 rings (SSSR count). The Labute approximate surface area is 153 Å². The molecule has 1 saturated carbocycles. The van der Waals surface area contributed by atoms with E-state index in [4.69, 9.17) is 9.47 Å². The van der Waals surface area contributed by atoms with Crippen molar-refractivity contribution in [2.75, 3.05) is 14.2 Å². The lowest BCUT2D eigenvalue weighted by Gasteiger charge is -2.38. The van der Waals surface area contributed by atoms with E-state index in [1.807, 2.05) is 0 Å². The molecule has 1 fully saturated rings. The smallest absolute Gasteiger partial charge is 0.241 e. The molecular formula is C18H22N2O5S. The molecular weight excluding hydrogens is 356 g/mol. The summed E-state index contributed by atoms with van der Waals surface area (Å²) in [6.45, 7) is 0. The molecule has 1 aliphatic carbocycles. The predicted octanol–water partition coefficient (Wildman–Crippen LogP) is 1.89. The van der Waals surface area contributed by atoms with Crippen molar-refractivity contribution >= 4 is 10.0 Å². The van der Waals surface area contributed by atoms with Crippen LogP contribution in [0.1, 0.15) is 24.4 Å². The Morgan fingerprint density at radius 1 is 1.12 bits per heavy atom. The molecule has 1 aliphatic rings. The minimum atomic E-state index is -3.73. The number of rotatable bonds is 7. The van der Waals surface area contributed by atoms with Gasteiger partial charge in [0.25, 0.3) is 0 Å². The van der Waals surface area contributed by atoms with Gasteiger partial charge in [-0.1, -0.05) is 6.07 Å². The topological polar surface area (TPSA) is 97.8 Å². The van der Waals surface area contributed by atoms with E-state index in [-0.39, 0.29) is 16.9 Å². The van der Waals surface area contributed by atoms with Gasteiger partial charge in [0.05, 0.1) is 31.3 Å². The SMILES string of the molecule is COc1ccc(S(=O)(=O)N[C@H](c2ccc(OC)nc2)C2CC(O)C2)cc1. The van der Waals surface area contributed by atoms with Crippen molar-refractivity contribution in [3.05, 3.63) is 48.2 Å². The lowest BCUT2D eigenvalue weighted by molar-refractivity contribution is 0.0279. The highest BCUT2D eigenvalue weighted by Gasteiger charge is 2.37. The van der Waals surface area contributed by atoms with Gasteiger partial charge >= 0.3 is 0 Å². The lowest BCUT2D eigenvalue weighted by Crippen LogP contribution is -2.41. The minimum absolute atomic E-state index is 0.00761. The maximum absolute atomic E-state index is 12.8. The van der Waals surface area contributed by atoms with Gasteiger partial charge in [0.15, 0.2) is 0 Å². The number of hydrogen-bond donors (Lipinski definition) is 2. The molecule has 0 unspecified atom stereocenters. The monoisotopic (exact) mass is 378 g/mol. The maximum atomic E-state index is 12.8. The summed E-state index contributed by atoms with van der Waals surface area (Å²) in [7, 11) is -0.687. The quantitative estimate of drug-likeness (QED) is 0.764. The highest BCUT2D eigenvalue weighted by molar-refractivity contribution is 7.89. The lowest BCUT2D eigenvalue weighted by atomic mass is 9.76. The van der Waals surface area contributed by atoms with Crippen LogP contribution in [0.3, 0.4) is 0 Å². The van der Waals surface area contributed by atoms with Crippen molar-refractivity contribution in [3.63, 3.8) is 0 Å². The number of ether oxygens (including phenoxy) is 2. The first-order valence-electron chi connectivity index (χ1n) is 8.27. The Morgan fingerprint density at radius 2 is 1.81 bits per heavy atom. The van der Waals surface area contributed by atoms with Crippen molar-refractivity contribution in [3.8, 4) is 11.6 Å². The number of sulfonamides is 1. The van der Waals surface area contributed by atoms with Crippen molar-refractivity contribution in [2.45, 2.75) is 29.9 Å². The average Bonchev–Trinajstić information content (AvgIpc) is 2.64. The molecule has 0 bridgehead atoms.